The quantitative estimate of drug-likeness (QED) is 0.442. The van der Waals surface area contributed by atoms with E-state index >= 15 is 0 Å². The van der Waals surface area contributed by atoms with Gasteiger partial charge in [-0.3, -0.25) is 14.5 Å². The second-order valence-corrected chi connectivity index (χ2v) is 8.63. The van der Waals surface area contributed by atoms with E-state index in [1.165, 1.54) is 31.5 Å². The first kappa shape index (κ1) is 25.3. The molecule has 2 aromatic carbocycles. The van der Waals surface area contributed by atoms with Crippen molar-refractivity contribution >= 4 is 17.8 Å². The van der Waals surface area contributed by atoms with E-state index in [9.17, 15) is 18.4 Å². The van der Waals surface area contributed by atoms with Crippen molar-refractivity contribution in [3.8, 4) is 17.2 Å². The van der Waals surface area contributed by atoms with Gasteiger partial charge >= 0.3 is 0 Å². The summed E-state index contributed by atoms with van der Waals surface area (Å²) >= 11 is 0. The van der Waals surface area contributed by atoms with E-state index in [0.29, 0.717) is 24.2 Å². The van der Waals surface area contributed by atoms with Crippen LogP contribution in [0.4, 0.5) is 14.7 Å². The van der Waals surface area contributed by atoms with Crippen LogP contribution >= 0.6 is 0 Å². The molecular formula is C26H24F2N4O6. The lowest BCUT2D eigenvalue weighted by atomic mass is 10.0. The molecule has 2 aliphatic heterocycles. The molecule has 0 bridgehead atoms. The minimum Gasteiger partial charge on any atom is -0.494 e. The van der Waals surface area contributed by atoms with Crippen LogP contribution in [0.1, 0.15) is 32.7 Å². The van der Waals surface area contributed by atoms with E-state index in [-0.39, 0.29) is 47.2 Å². The Hall–Kier alpha value is -4.32. The van der Waals surface area contributed by atoms with Gasteiger partial charge in [0.15, 0.2) is 28.9 Å². The molecule has 1 N–H and O–H groups in total. The van der Waals surface area contributed by atoms with Gasteiger partial charge in [-0.2, -0.15) is 0 Å². The maximum Gasteiger partial charge on any atom is 0.261 e. The number of carbonyl (C=O) groups is 2. The van der Waals surface area contributed by atoms with Gasteiger partial charge in [0.2, 0.25) is 5.95 Å². The molecule has 38 heavy (non-hydrogen) atoms. The third kappa shape index (κ3) is 4.58. The molecule has 198 valence electrons. The minimum absolute atomic E-state index is 0.160. The highest BCUT2D eigenvalue weighted by molar-refractivity contribution is 6.21. The average Bonchev–Trinajstić information content (AvgIpc) is 3.19. The minimum atomic E-state index is -0.901. The molecule has 1 saturated heterocycles. The molecule has 12 heteroatoms. The maximum absolute atomic E-state index is 14.6. The predicted octanol–water partition coefficient (Wildman–Crippen LogP) is 3.22. The third-order valence-corrected chi connectivity index (χ3v) is 6.47. The van der Waals surface area contributed by atoms with Crippen LogP contribution in [0.5, 0.6) is 17.2 Å². The molecule has 0 aliphatic carbocycles. The SMILES string of the molecule is COc1cc(OC)c(F)c(COc2cnc(N[C@@H]3COCC[C@@H]3N3C(=O)c4ccccc4C3=O)nc2)c1F. The van der Waals surface area contributed by atoms with Gasteiger partial charge in [-0.25, -0.2) is 18.7 Å². The highest BCUT2D eigenvalue weighted by Gasteiger charge is 2.44. The number of nitrogens with zero attached hydrogens (tertiary/aromatic N) is 3. The van der Waals surface area contributed by atoms with Crippen molar-refractivity contribution < 1.29 is 37.3 Å². The molecule has 0 radical (unpaired) electrons. The van der Waals surface area contributed by atoms with Gasteiger partial charge in [-0.1, -0.05) is 12.1 Å². The van der Waals surface area contributed by atoms with Crippen LogP contribution in [0.25, 0.3) is 0 Å². The highest BCUT2D eigenvalue weighted by Crippen LogP contribution is 2.32. The Bertz CT molecular complexity index is 1310. The molecule has 1 fully saturated rings. The van der Waals surface area contributed by atoms with E-state index in [0.717, 1.165) is 6.07 Å². The number of aromatic nitrogens is 2. The zero-order valence-electron chi connectivity index (χ0n) is 20.6. The van der Waals surface area contributed by atoms with Crippen molar-refractivity contribution in [1.82, 2.24) is 14.9 Å². The lowest BCUT2D eigenvalue weighted by Gasteiger charge is -2.36. The number of ether oxygens (including phenoxy) is 4. The molecule has 5 rings (SSSR count). The summed E-state index contributed by atoms with van der Waals surface area (Å²) in [5.74, 6) is -2.49. The summed E-state index contributed by atoms with van der Waals surface area (Å²) < 4.78 is 50.1. The molecule has 3 aromatic rings. The van der Waals surface area contributed by atoms with Crippen molar-refractivity contribution in [2.45, 2.75) is 25.1 Å². The van der Waals surface area contributed by atoms with E-state index in [1.54, 1.807) is 24.3 Å². The standard InChI is InChI=1S/C26H24F2N4O6/c1-35-20-9-21(36-2)23(28)17(22(20)27)12-38-14-10-29-26(30-11-14)31-18-13-37-8-7-19(18)32-24(33)15-5-3-4-6-16(15)25(32)34/h3-6,9-11,18-19H,7-8,12-13H2,1-2H3,(H,29,30,31)/t18-,19+/m1/s1. The van der Waals surface area contributed by atoms with Crippen molar-refractivity contribution in [1.29, 1.82) is 0 Å². The topological polar surface area (TPSA) is 112 Å². The van der Waals surface area contributed by atoms with Crippen LogP contribution in [-0.4, -0.2) is 66.2 Å². The second-order valence-electron chi connectivity index (χ2n) is 8.63. The van der Waals surface area contributed by atoms with Crippen molar-refractivity contribution in [3.63, 3.8) is 0 Å². The number of amides is 2. The van der Waals surface area contributed by atoms with Gasteiger partial charge in [0.05, 0.1) is 62.0 Å². The predicted molar refractivity (Wildman–Crippen MR) is 129 cm³/mol. The number of fused-ring (bicyclic) bond motifs is 1. The Morgan fingerprint density at radius 3 is 2.21 bits per heavy atom. The first-order valence-corrected chi connectivity index (χ1v) is 11.8. The highest BCUT2D eigenvalue weighted by atomic mass is 19.1. The number of hydrogen-bond acceptors (Lipinski definition) is 9. The van der Waals surface area contributed by atoms with E-state index in [4.69, 9.17) is 18.9 Å². The van der Waals surface area contributed by atoms with Crippen LogP contribution in [0.3, 0.4) is 0 Å². The second kappa shape index (κ2) is 10.6. The Kier molecular flexibility index (Phi) is 7.05. The van der Waals surface area contributed by atoms with Crippen molar-refractivity contribution in [2.75, 3.05) is 32.8 Å². The van der Waals surface area contributed by atoms with Gasteiger partial charge < -0.3 is 24.3 Å². The van der Waals surface area contributed by atoms with Crippen LogP contribution in [0.2, 0.25) is 0 Å². The van der Waals surface area contributed by atoms with Gasteiger partial charge in [0, 0.05) is 12.7 Å². The third-order valence-electron chi connectivity index (χ3n) is 6.47. The zero-order valence-corrected chi connectivity index (χ0v) is 20.6. The van der Waals surface area contributed by atoms with E-state index in [2.05, 4.69) is 15.3 Å². The number of nitrogens with one attached hydrogen (secondary N) is 1. The molecule has 2 aliphatic rings. The number of anilines is 1. The maximum atomic E-state index is 14.6. The number of hydrogen-bond donors (Lipinski definition) is 1. The molecule has 2 atom stereocenters. The number of benzene rings is 2. The monoisotopic (exact) mass is 526 g/mol. The summed E-state index contributed by atoms with van der Waals surface area (Å²) in [6.07, 6.45) is 3.12. The van der Waals surface area contributed by atoms with Gasteiger partial charge in [-0.15, -0.1) is 0 Å². The summed E-state index contributed by atoms with van der Waals surface area (Å²) in [4.78, 5) is 35.7. The van der Waals surface area contributed by atoms with Crippen molar-refractivity contribution in [2.24, 2.45) is 0 Å². The van der Waals surface area contributed by atoms with Crippen LogP contribution in [0.15, 0.2) is 42.7 Å². The van der Waals surface area contributed by atoms with Crippen molar-refractivity contribution in [3.05, 3.63) is 71.1 Å². The normalized spacial score (nSPS) is 18.8. The molecule has 2 amide bonds. The molecule has 0 saturated carbocycles. The Labute approximate surface area is 216 Å². The summed E-state index contributed by atoms with van der Waals surface area (Å²) in [6.45, 7) is 0.168. The fourth-order valence-electron chi connectivity index (χ4n) is 4.53. The summed E-state index contributed by atoms with van der Waals surface area (Å²) in [6, 6.07) is 6.91. The summed E-state index contributed by atoms with van der Waals surface area (Å²) in [5, 5.41) is 3.12. The van der Waals surface area contributed by atoms with Crippen LogP contribution < -0.4 is 19.5 Å². The molecule has 0 spiro atoms. The lowest BCUT2D eigenvalue weighted by molar-refractivity contribution is 0.0233. The van der Waals surface area contributed by atoms with Gasteiger partial charge in [0.1, 0.15) is 6.61 Å². The van der Waals surface area contributed by atoms with Crippen LogP contribution in [0, 0.1) is 11.6 Å². The Balaban J connectivity index is 1.28. The first-order valence-electron chi connectivity index (χ1n) is 11.8. The average molecular weight is 526 g/mol. The fourth-order valence-corrected chi connectivity index (χ4v) is 4.53. The lowest BCUT2D eigenvalue weighted by Crippen LogP contribution is -2.54. The molecular weight excluding hydrogens is 502 g/mol. The van der Waals surface area contributed by atoms with Gasteiger partial charge in [-0.05, 0) is 18.6 Å². The van der Waals surface area contributed by atoms with E-state index in [1.807, 2.05) is 0 Å². The molecule has 1 aromatic heterocycles. The van der Waals surface area contributed by atoms with Crippen LogP contribution in [-0.2, 0) is 11.3 Å². The molecule has 0 unspecified atom stereocenters. The number of imide groups is 1. The Morgan fingerprint density at radius 1 is 1.03 bits per heavy atom. The number of halogens is 2. The molecule has 3 heterocycles. The zero-order chi connectivity index (χ0) is 26.8. The molecule has 10 nitrogen and oxygen atoms in total. The number of rotatable bonds is 8. The number of carbonyl (C=O) groups excluding carboxylic acids is 2. The Morgan fingerprint density at radius 2 is 1.63 bits per heavy atom. The smallest absolute Gasteiger partial charge is 0.261 e. The largest absolute Gasteiger partial charge is 0.494 e. The summed E-state index contributed by atoms with van der Waals surface area (Å²) in [5.41, 5.74) is 0.385. The first-order chi connectivity index (χ1) is 18.4. The summed E-state index contributed by atoms with van der Waals surface area (Å²) in [7, 11) is 2.52. The fraction of sp³-hybridized carbons (Fsp3) is 0.308. The van der Waals surface area contributed by atoms with E-state index < -0.39 is 30.3 Å². The number of methoxy groups -OCH3 is 2. The van der Waals surface area contributed by atoms with Gasteiger partial charge in [0.25, 0.3) is 11.8 Å².